The van der Waals surface area contributed by atoms with E-state index in [9.17, 15) is 18.3 Å². The maximum Gasteiger partial charge on any atom is 0.330 e. The quantitative estimate of drug-likeness (QED) is 0.337. The summed E-state index contributed by atoms with van der Waals surface area (Å²) in [6.07, 6.45) is 1.01. The van der Waals surface area contributed by atoms with Gasteiger partial charge in [-0.3, -0.25) is 4.79 Å². The van der Waals surface area contributed by atoms with Crippen molar-refractivity contribution in [1.82, 2.24) is 4.72 Å². The molecule has 0 aliphatic carbocycles. The van der Waals surface area contributed by atoms with Gasteiger partial charge in [0, 0.05) is 0 Å². The fourth-order valence-electron chi connectivity index (χ4n) is 4.09. The molecule has 36 heavy (non-hydrogen) atoms. The molecule has 8 nitrogen and oxygen atoms in total. The standard InChI is InChI=1S/C27H22N2O6S/c30-26-16-29(36(33,34)28-26)24-14-23-13-21(20-8-4-7-19(11-20)12-27(31)32)9-10-22(23)15-25(24)35-17-18-5-2-1-3-6-18/h1-11,13-16,28,30H,12,17H2,(H,31,32). The van der Waals surface area contributed by atoms with E-state index in [0.29, 0.717) is 11.3 Å². The summed E-state index contributed by atoms with van der Waals surface area (Å²) >= 11 is 0. The molecule has 5 rings (SSSR count). The molecular formula is C27H22N2O6S. The third kappa shape index (κ3) is 4.82. The second-order valence-corrected chi connectivity index (χ2v) is 9.89. The van der Waals surface area contributed by atoms with E-state index in [1.54, 1.807) is 24.3 Å². The molecule has 0 unspecified atom stereocenters. The van der Waals surface area contributed by atoms with Crippen LogP contribution < -0.4 is 13.8 Å². The number of carboxylic acid groups (broad SMARTS) is 1. The van der Waals surface area contributed by atoms with Crippen molar-refractivity contribution in [2.45, 2.75) is 13.0 Å². The molecule has 1 aliphatic heterocycles. The van der Waals surface area contributed by atoms with Gasteiger partial charge in [0.2, 0.25) is 5.88 Å². The van der Waals surface area contributed by atoms with Gasteiger partial charge in [-0.1, -0.05) is 66.7 Å². The predicted molar refractivity (Wildman–Crippen MR) is 137 cm³/mol. The maximum atomic E-state index is 12.6. The lowest BCUT2D eigenvalue weighted by Crippen LogP contribution is -2.29. The highest BCUT2D eigenvalue weighted by Crippen LogP contribution is 2.38. The van der Waals surface area contributed by atoms with E-state index < -0.39 is 22.1 Å². The fourth-order valence-corrected chi connectivity index (χ4v) is 5.15. The molecule has 0 saturated heterocycles. The first kappa shape index (κ1) is 23.3. The van der Waals surface area contributed by atoms with Crippen molar-refractivity contribution < 1.29 is 28.2 Å². The largest absolute Gasteiger partial charge is 0.493 e. The normalized spacial score (nSPS) is 14.3. The number of fused-ring (bicyclic) bond motifs is 1. The van der Waals surface area contributed by atoms with Gasteiger partial charge in [-0.15, -0.1) is 0 Å². The van der Waals surface area contributed by atoms with E-state index in [2.05, 4.69) is 4.72 Å². The Hall–Kier alpha value is -4.50. The van der Waals surface area contributed by atoms with Gasteiger partial charge in [-0.25, -0.2) is 9.03 Å². The van der Waals surface area contributed by atoms with Crippen LogP contribution in [-0.4, -0.2) is 24.6 Å². The van der Waals surface area contributed by atoms with Gasteiger partial charge in [-0.2, -0.15) is 8.42 Å². The Bertz CT molecular complexity index is 1600. The predicted octanol–water partition coefficient (Wildman–Crippen LogP) is 4.72. The van der Waals surface area contributed by atoms with Crippen molar-refractivity contribution in [2.24, 2.45) is 0 Å². The first-order valence-corrected chi connectivity index (χ1v) is 12.5. The minimum absolute atomic E-state index is 0.0800. The Balaban J connectivity index is 1.58. The van der Waals surface area contributed by atoms with Crippen LogP contribution in [-0.2, 0) is 28.0 Å². The molecule has 1 aliphatic rings. The van der Waals surface area contributed by atoms with E-state index in [1.807, 2.05) is 60.7 Å². The molecule has 0 fully saturated rings. The van der Waals surface area contributed by atoms with Crippen molar-refractivity contribution >= 4 is 32.6 Å². The molecule has 0 radical (unpaired) electrons. The summed E-state index contributed by atoms with van der Waals surface area (Å²) in [6.45, 7) is 0.227. The van der Waals surface area contributed by atoms with Gasteiger partial charge in [0.15, 0.2) is 0 Å². The molecule has 4 aromatic rings. The molecule has 0 bridgehead atoms. The molecule has 4 aromatic carbocycles. The first-order chi connectivity index (χ1) is 17.3. The molecule has 1 heterocycles. The van der Waals surface area contributed by atoms with Crippen LogP contribution in [0.5, 0.6) is 5.75 Å². The van der Waals surface area contributed by atoms with Gasteiger partial charge in [0.1, 0.15) is 18.0 Å². The number of aliphatic hydroxyl groups is 1. The Morgan fingerprint density at radius 2 is 1.61 bits per heavy atom. The van der Waals surface area contributed by atoms with Gasteiger partial charge >= 0.3 is 16.2 Å². The van der Waals surface area contributed by atoms with Crippen LogP contribution in [0.1, 0.15) is 11.1 Å². The van der Waals surface area contributed by atoms with Crippen LogP contribution in [0.2, 0.25) is 0 Å². The summed E-state index contributed by atoms with van der Waals surface area (Å²) in [4.78, 5) is 11.1. The first-order valence-electron chi connectivity index (χ1n) is 11.1. The summed E-state index contributed by atoms with van der Waals surface area (Å²) in [5, 5.41) is 20.5. The van der Waals surface area contributed by atoms with Crippen LogP contribution in [0, 0.1) is 0 Å². The molecule has 0 spiro atoms. The van der Waals surface area contributed by atoms with Gasteiger partial charge in [0.05, 0.1) is 12.6 Å². The van der Waals surface area contributed by atoms with Gasteiger partial charge in [0.25, 0.3) is 0 Å². The molecule has 0 aromatic heterocycles. The molecule has 182 valence electrons. The zero-order valence-electron chi connectivity index (χ0n) is 19.0. The average molecular weight is 503 g/mol. The number of rotatable bonds is 7. The highest BCUT2D eigenvalue weighted by Gasteiger charge is 2.31. The smallest absolute Gasteiger partial charge is 0.330 e. The highest BCUT2D eigenvalue weighted by molar-refractivity contribution is 7.91. The van der Waals surface area contributed by atoms with Gasteiger partial charge < -0.3 is 14.9 Å². The number of hydrogen-bond acceptors (Lipinski definition) is 5. The second-order valence-electron chi connectivity index (χ2n) is 8.34. The number of anilines is 1. The number of carbonyl (C=O) groups is 1. The van der Waals surface area contributed by atoms with Crippen molar-refractivity contribution in [2.75, 3.05) is 4.31 Å². The lowest BCUT2D eigenvalue weighted by Gasteiger charge is -2.20. The number of carboxylic acids is 1. The molecular weight excluding hydrogens is 480 g/mol. The van der Waals surface area contributed by atoms with E-state index in [0.717, 1.165) is 38.0 Å². The fraction of sp³-hybridized carbons (Fsp3) is 0.0741. The van der Waals surface area contributed by atoms with Crippen molar-refractivity contribution in [3.8, 4) is 16.9 Å². The number of aliphatic carboxylic acids is 1. The Morgan fingerprint density at radius 3 is 2.33 bits per heavy atom. The van der Waals surface area contributed by atoms with E-state index >= 15 is 0 Å². The molecule has 0 amide bonds. The molecule has 3 N–H and O–H groups in total. The number of aliphatic hydroxyl groups excluding tert-OH is 1. The van der Waals surface area contributed by atoms with Crippen LogP contribution in [0.4, 0.5) is 5.69 Å². The summed E-state index contributed by atoms with van der Waals surface area (Å²) in [7, 11) is -4.04. The van der Waals surface area contributed by atoms with Crippen molar-refractivity contribution in [3.63, 3.8) is 0 Å². The third-order valence-electron chi connectivity index (χ3n) is 5.74. The third-order valence-corrected chi connectivity index (χ3v) is 7.03. The Morgan fingerprint density at radius 1 is 0.861 bits per heavy atom. The Labute approximate surface area is 207 Å². The lowest BCUT2D eigenvalue weighted by molar-refractivity contribution is -0.136. The Kier molecular flexibility index (Phi) is 5.99. The van der Waals surface area contributed by atoms with E-state index in [-0.39, 0.29) is 18.7 Å². The maximum absolute atomic E-state index is 12.6. The zero-order valence-corrected chi connectivity index (χ0v) is 19.8. The topological polar surface area (TPSA) is 116 Å². The molecule has 0 saturated carbocycles. The number of benzene rings is 4. The summed E-state index contributed by atoms with van der Waals surface area (Å²) in [6, 6.07) is 25.9. The summed E-state index contributed by atoms with van der Waals surface area (Å²) in [5.74, 6) is -1.07. The minimum Gasteiger partial charge on any atom is -0.493 e. The lowest BCUT2D eigenvalue weighted by atomic mass is 9.98. The average Bonchev–Trinajstić information content (AvgIpc) is 3.13. The minimum atomic E-state index is -4.04. The highest BCUT2D eigenvalue weighted by atomic mass is 32.2. The van der Waals surface area contributed by atoms with E-state index in [4.69, 9.17) is 9.84 Å². The van der Waals surface area contributed by atoms with Crippen molar-refractivity contribution in [1.29, 1.82) is 0 Å². The molecule has 0 atom stereocenters. The SMILES string of the molecule is O=C(O)Cc1cccc(-c2ccc3cc(OCc4ccccc4)c(N4C=C(O)NS4(=O)=O)cc3c2)c1. The van der Waals surface area contributed by atoms with Crippen LogP contribution in [0.25, 0.3) is 21.9 Å². The zero-order chi connectivity index (χ0) is 25.3. The number of nitrogens with one attached hydrogen (secondary N) is 1. The number of nitrogens with zero attached hydrogens (tertiary/aromatic N) is 1. The van der Waals surface area contributed by atoms with Crippen molar-refractivity contribution in [3.05, 3.63) is 108 Å². The van der Waals surface area contributed by atoms with Crippen LogP contribution in [0.15, 0.2) is 97.0 Å². The number of ether oxygens (including phenoxy) is 1. The molecule has 9 heteroatoms. The van der Waals surface area contributed by atoms with Crippen LogP contribution >= 0.6 is 0 Å². The van der Waals surface area contributed by atoms with Gasteiger partial charge in [-0.05, 0) is 51.2 Å². The number of hydrogen-bond donors (Lipinski definition) is 3. The van der Waals surface area contributed by atoms with E-state index in [1.165, 1.54) is 0 Å². The van der Waals surface area contributed by atoms with Crippen LogP contribution in [0.3, 0.4) is 0 Å². The summed E-state index contributed by atoms with van der Waals surface area (Å²) < 4.78 is 34.3. The monoisotopic (exact) mass is 502 g/mol. The second kappa shape index (κ2) is 9.27. The summed E-state index contributed by atoms with van der Waals surface area (Å²) in [5.41, 5.74) is 3.53.